The molecule has 1 fully saturated rings. The van der Waals surface area contributed by atoms with Crippen molar-refractivity contribution < 1.29 is 4.79 Å². The van der Waals surface area contributed by atoms with Crippen molar-refractivity contribution >= 4 is 5.91 Å². The molecule has 3 heteroatoms. The number of rotatable bonds is 5. The maximum absolute atomic E-state index is 11.9. The largest absolute Gasteiger partial charge is 0.340 e. The van der Waals surface area contributed by atoms with Crippen molar-refractivity contribution in [2.75, 3.05) is 13.1 Å². The first-order valence-corrected chi connectivity index (χ1v) is 6.84. The van der Waals surface area contributed by atoms with Gasteiger partial charge in [0.1, 0.15) is 0 Å². The van der Waals surface area contributed by atoms with E-state index in [1.807, 2.05) is 11.0 Å². The van der Waals surface area contributed by atoms with Gasteiger partial charge in [-0.25, -0.2) is 0 Å². The molecule has 0 aromatic heterocycles. The van der Waals surface area contributed by atoms with Gasteiger partial charge in [-0.2, -0.15) is 0 Å². The zero-order valence-electron chi connectivity index (χ0n) is 10.8. The number of hydrogen-bond acceptors (Lipinski definition) is 2. The van der Waals surface area contributed by atoms with Crippen LogP contribution in [-0.4, -0.2) is 29.9 Å². The van der Waals surface area contributed by atoms with Crippen LogP contribution in [-0.2, 0) is 11.2 Å². The summed E-state index contributed by atoms with van der Waals surface area (Å²) in [5.41, 5.74) is 6.82. The molecule has 1 unspecified atom stereocenters. The third-order valence-electron chi connectivity index (χ3n) is 3.66. The number of benzene rings is 1. The predicted octanol–water partition coefficient (Wildman–Crippen LogP) is 1.96. The van der Waals surface area contributed by atoms with Crippen molar-refractivity contribution in [1.82, 2.24) is 4.90 Å². The van der Waals surface area contributed by atoms with E-state index in [1.54, 1.807) is 0 Å². The second-order valence-corrected chi connectivity index (χ2v) is 4.95. The molecule has 1 aliphatic heterocycles. The van der Waals surface area contributed by atoms with E-state index in [0.717, 1.165) is 32.2 Å². The Bertz CT molecular complexity index is 377. The van der Waals surface area contributed by atoms with Crippen molar-refractivity contribution in [3.05, 3.63) is 35.9 Å². The third kappa shape index (κ3) is 3.33. The lowest BCUT2D eigenvalue weighted by molar-refractivity contribution is -0.131. The summed E-state index contributed by atoms with van der Waals surface area (Å²) in [5, 5.41) is 0. The molecule has 1 aliphatic rings. The highest BCUT2D eigenvalue weighted by atomic mass is 16.2. The average Bonchev–Trinajstić information content (AvgIpc) is 2.86. The average molecular weight is 246 g/mol. The van der Waals surface area contributed by atoms with Crippen LogP contribution in [0.4, 0.5) is 0 Å². The molecule has 1 heterocycles. The lowest BCUT2D eigenvalue weighted by Crippen LogP contribution is -2.36. The van der Waals surface area contributed by atoms with Gasteiger partial charge in [0.05, 0.1) is 0 Å². The van der Waals surface area contributed by atoms with E-state index in [2.05, 4.69) is 24.3 Å². The van der Waals surface area contributed by atoms with Crippen LogP contribution in [0.3, 0.4) is 0 Å². The lowest BCUT2D eigenvalue weighted by atomic mass is 10.0. The predicted molar refractivity (Wildman–Crippen MR) is 73.2 cm³/mol. The summed E-state index contributed by atoms with van der Waals surface area (Å²) in [6.45, 7) is 1.37. The first-order chi connectivity index (χ1) is 8.81. The van der Waals surface area contributed by atoms with E-state index >= 15 is 0 Å². The van der Waals surface area contributed by atoms with Crippen molar-refractivity contribution in [2.45, 2.75) is 38.1 Å². The van der Waals surface area contributed by atoms with Gasteiger partial charge in [-0.3, -0.25) is 4.79 Å². The highest BCUT2D eigenvalue weighted by Crippen LogP contribution is 2.22. The zero-order valence-corrected chi connectivity index (χ0v) is 10.8. The standard InChI is InChI=1S/C15H22N2O/c16-11-10-15(18)17-12-4-7-14(17)9-8-13-5-2-1-3-6-13/h1-3,5-6,14H,4,7-12,16H2. The molecule has 3 nitrogen and oxygen atoms in total. The maximum atomic E-state index is 11.9. The first-order valence-electron chi connectivity index (χ1n) is 6.84. The van der Waals surface area contributed by atoms with Crippen LogP contribution in [0.2, 0.25) is 0 Å². The summed E-state index contributed by atoms with van der Waals surface area (Å²) in [7, 11) is 0. The van der Waals surface area contributed by atoms with Crippen molar-refractivity contribution in [3.63, 3.8) is 0 Å². The third-order valence-corrected chi connectivity index (χ3v) is 3.66. The van der Waals surface area contributed by atoms with Crippen LogP contribution < -0.4 is 5.73 Å². The minimum Gasteiger partial charge on any atom is -0.340 e. The Hall–Kier alpha value is -1.35. The minimum absolute atomic E-state index is 0.230. The van der Waals surface area contributed by atoms with E-state index in [4.69, 9.17) is 5.73 Å². The molecule has 0 spiro atoms. The normalized spacial score (nSPS) is 19.2. The number of carbonyl (C=O) groups excluding carboxylic acids is 1. The summed E-state index contributed by atoms with van der Waals surface area (Å²) in [6, 6.07) is 10.9. The summed E-state index contributed by atoms with van der Waals surface area (Å²) in [4.78, 5) is 14.0. The molecule has 0 bridgehead atoms. The molecule has 1 aromatic carbocycles. The van der Waals surface area contributed by atoms with Gasteiger partial charge < -0.3 is 10.6 Å². The van der Waals surface area contributed by atoms with Gasteiger partial charge in [-0.15, -0.1) is 0 Å². The van der Waals surface area contributed by atoms with Crippen molar-refractivity contribution in [1.29, 1.82) is 0 Å². The molecule has 2 N–H and O–H groups in total. The molecule has 1 atom stereocenters. The Morgan fingerprint density at radius 1 is 1.33 bits per heavy atom. The Morgan fingerprint density at radius 2 is 2.11 bits per heavy atom. The van der Waals surface area contributed by atoms with Crippen LogP contribution in [0.15, 0.2) is 30.3 Å². The highest BCUT2D eigenvalue weighted by molar-refractivity contribution is 5.77. The topological polar surface area (TPSA) is 46.3 Å². The fourth-order valence-electron chi connectivity index (χ4n) is 2.71. The molecule has 0 aliphatic carbocycles. The van der Waals surface area contributed by atoms with Gasteiger partial charge in [0.15, 0.2) is 0 Å². The fourth-order valence-corrected chi connectivity index (χ4v) is 2.71. The Labute approximate surface area is 109 Å². The zero-order chi connectivity index (χ0) is 12.8. The molecular formula is C15H22N2O. The number of likely N-dealkylation sites (tertiary alicyclic amines) is 1. The van der Waals surface area contributed by atoms with E-state index < -0.39 is 0 Å². The van der Waals surface area contributed by atoms with Crippen molar-refractivity contribution in [2.24, 2.45) is 5.73 Å². The number of nitrogens with two attached hydrogens (primary N) is 1. The van der Waals surface area contributed by atoms with E-state index in [0.29, 0.717) is 19.0 Å². The molecular weight excluding hydrogens is 224 g/mol. The molecule has 98 valence electrons. The molecule has 2 rings (SSSR count). The number of carbonyl (C=O) groups is 1. The molecule has 0 radical (unpaired) electrons. The quantitative estimate of drug-likeness (QED) is 0.863. The highest BCUT2D eigenvalue weighted by Gasteiger charge is 2.27. The van der Waals surface area contributed by atoms with E-state index in [1.165, 1.54) is 5.56 Å². The Kier molecular flexibility index (Phi) is 4.76. The van der Waals surface area contributed by atoms with Gasteiger partial charge in [0.2, 0.25) is 5.91 Å². The van der Waals surface area contributed by atoms with Gasteiger partial charge in [-0.1, -0.05) is 30.3 Å². The number of hydrogen-bond donors (Lipinski definition) is 1. The van der Waals surface area contributed by atoms with Crippen LogP contribution >= 0.6 is 0 Å². The summed E-state index contributed by atoms with van der Waals surface area (Å²) in [6.07, 6.45) is 4.89. The molecule has 18 heavy (non-hydrogen) atoms. The SMILES string of the molecule is NCCC(=O)N1CCCC1CCc1ccccc1. The summed E-state index contributed by atoms with van der Waals surface area (Å²) >= 11 is 0. The van der Waals surface area contributed by atoms with Gasteiger partial charge in [-0.05, 0) is 31.2 Å². The van der Waals surface area contributed by atoms with Crippen LogP contribution in [0.5, 0.6) is 0 Å². The maximum Gasteiger partial charge on any atom is 0.224 e. The lowest BCUT2D eigenvalue weighted by Gasteiger charge is -2.24. The monoisotopic (exact) mass is 246 g/mol. The van der Waals surface area contributed by atoms with E-state index in [9.17, 15) is 4.79 Å². The van der Waals surface area contributed by atoms with Crippen molar-refractivity contribution in [3.8, 4) is 0 Å². The summed E-state index contributed by atoms with van der Waals surface area (Å²) < 4.78 is 0. The van der Waals surface area contributed by atoms with Gasteiger partial charge in [0, 0.05) is 25.6 Å². The second-order valence-electron chi connectivity index (χ2n) is 4.95. The van der Waals surface area contributed by atoms with Crippen LogP contribution in [0.25, 0.3) is 0 Å². The number of amides is 1. The molecule has 1 aromatic rings. The smallest absolute Gasteiger partial charge is 0.224 e. The number of nitrogens with zero attached hydrogens (tertiary/aromatic N) is 1. The fraction of sp³-hybridized carbons (Fsp3) is 0.533. The van der Waals surface area contributed by atoms with Gasteiger partial charge in [0.25, 0.3) is 0 Å². The van der Waals surface area contributed by atoms with Crippen LogP contribution in [0.1, 0.15) is 31.2 Å². The summed E-state index contributed by atoms with van der Waals surface area (Å²) in [5.74, 6) is 0.230. The Morgan fingerprint density at radius 3 is 2.83 bits per heavy atom. The molecule has 1 saturated heterocycles. The number of aryl methyl sites for hydroxylation is 1. The van der Waals surface area contributed by atoms with E-state index in [-0.39, 0.29) is 5.91 Å². The second kappa shape index (κ2) is 6.55. The molecule has 0 saturated carbocycles. The van der Waals surface area contributed by atoms with Gasteiger partial charge >= 0.3 is 0 Å². The molecule has 1 amide bonds. The first kappa shape index (κ1) is 13.1. The Balaban J connectivity index is 1.86. The minimum atomic E-state index is 0.230. The van der Waals surface area contributed by atoms with Crippen LogP contribution in [0, 0.1) is 0 Å².